The largest absolute Gasteiger partial charge is 0.480 e. The number of thiol groups is 1. The van der Waals surface area contributed by atoms with Crippen LogP contribution in [0.1, 0.15) is 40.5 Å². The van der Waals surface area contributed by atoms with Gasteiger partial charge in [-0.3, -0.25) is 24.1 Å². The molecule has 4 N–H and O–H groups in total. The molecular weight excluding hydrogens is 362 g/mol. The van der Waals surface area contributed by atoms with Gasteiger partial charge in [0.25, 0.3) is 0 Å². The van der Waals surface area contributed by atoms with Crippen LogP contribution >= 0.6 is 12.6 Å². The van der Waals surface area contributed by atoms with Crippen molar-refractivity contribution < 1.29 is 29.4 Å². The quantitative estimate of drug-likeness (QED) is 0.294. The van der Waals surface area contributed by atoms with E-state index in [0.717, 1.165) is 0 Å². The fraction of sp³-hybridized carbons (Fsp3) is 0.750. The van der Waals surface area contributed by atoms with Gasteiger partial charge in [-0.15, -0.1) is 0 Å². The van der Waals surface area contributed by atoms with E-state index in [4.69, 9.17) is 5.11 Å². The number of hydrogen-bond donors (Lipinski definition) is 5. The standard InChI is InChI=1S/C16H29N3O6S/c1-9(2)19(10(3)4)12(16(24)25)5-6-13(20)18-11(8-26)15(23)17-7-14(21)22/h9-12,26H,5-8H2,1-4H3,(H,17,23)(H,18,20)(H,21,22)(H,24,25)/t11-,12-/m0/s1. The SMILES string of the molecule is CC(C)N(C(C)C)[C@@H](CCC(=O)N[C@@H](CS)C(=O)NCC(=O)O)C(=O)O. The zero-order chi connectivity index (χ0) is 20.4. The molecule has 0 aromatic heterocycles. The lowest BCUT2D eigenvalue weighted by Gasteiger charge is -2.35. The van der Waals surface area contributed by atoms with Crippen molar-refractivity contribution in [2.24, 2.45) is 0 Å². The van der Waals surface area contributed by atoms with Crippen molar-refractivity contribution in [1.29, 1.82) is 0 Å². The minimum absolute atomic E-state index is 0.00820. The number of nitrogens with zero attached hydrogens (tertiary/aromatic N) is 1. The predicted molar refractivity (Wildman–Crippen MR) is 99.2 cm³/mol. The van der Waals surface area contributed by atoms with E-state index in [1.165, 1.54) is 0 Å². The summed E-state index contributed by atoms with van der Waals surface area (Å²) in [6.07, 6.45) is 0.0109. The number of aliphatic carboxylic acids is 2. The molecule has 0 aromatic carbocycles. The van der Waals surface area contributed by atoms with Crippen molar-refractivity contribution in [2.75, 3.05) is 12.3 Å². The van der Waals surface area contributed by atoms with E-state index in [2.05, 4.69) is 23.3 Å². The number of carboxylic acid groups (broad SMARTS) is 2. The number of carbonyl (C=O) groups excluding carboxylic acids is 2. The van der Waals surface area contributed by atoms with E-state index in [1.54, 1.807) is 0 Å². The van der Waals surface area contributed by atoms with Crippen LogP contribution in [0.3, 0.4) is 0 Å². The number of amides is 2. The van der Waals surface area contributed by atoms with Gasteiger partial charge in [-0.2, -0.15) is 12.6 Å². The summed E-state index contributed by atoms with van der Waals surface area (Å²) in [5.41, 5.74) is 0. The molecule has 0 aliphatic rings. The van der Waals surface area contributed by atoms with E-state index < -0.39 is 42.4 Å². The highest BCUT2D eigenvalue weighted by Gasteiger charge is 2.30. The van der Waals surface area contributed by atoms with Crippen LogP contribution in [0, 0.1) is 0 Å². The summed E-state index contributed by atoms with van der Waals surface area (Å²) in [6, 6.07) is -1.83. The second kappa shape index (κ2) is 11.7. The minimum atomic E-state index is -1.20. The summed E-state index contributed by atoms with van der Waals surface area (Å²) >= 11 is 3.98. The Morgan fingerprint density at radius 2 is 1.58 bits per heavy atom. The Bertz CT molecular complexity index is 504. The van der Waals surface area contributed by atoms with E-state index in [9.17, 15) is 24.3 Å². The lowest BCUT2D eigenvalue weighted by Crippen LogP contribution is -2.51. The van der Waals surface area contributed by atoms with Gasteiger partial charge in [0.2, 0.25) is 11.8 Å². The van der Waals surface area contributed by atoms with Crippen LogP contribution in [0.25, 0.3) is 0 Å². The molecule has 26 heavy (non-hydrogen) atoms. The average molecular weight is 391 g/mol. The second-order valence-corrected chi connectivity index (χ2v) is 6.81. The number of carboxylic acids is 2. The molecule has 0 aliphatic heterocycles. The molecule has 0 unspecified atom stereocenters. The molecule has 2 atom stereocenters. The van der Waals surface area contributed by atoms with Crippen molar-refractivity contribution >= 4 is 36.4 Å². The Kier molecular flexibility index (Phi) is 10.9. The molecule has 150 valence electrons. The molecule has 0 heterocycles. The van der Waals surface area contributed by atoms with Crippen LogP contribution in [-0.2, 0) is 19.2 Å². The summed E-state index contributed by atoms with van der Waals surface area (Å²) in [4.78, 5) is 47.8. The first-order valence-electron chi connectivity index (χ1n) is 8.41. The van der Waals surface area contributed by atoms with Gasteiger partial charge in [-0.25, -0.2) is 0 Å². The number of carbonyl (C=O) groups is 4. The Balaban J connectivity index is 4.79. The van der Waals surface area contributed by atoms with E-state index in [0.29, 0.717) is 0 Å². The van der Waals surface area contributed by atoms with Crippen molar-refractivity contribution in [2.45, 2.75) is 64.7 Å². The van der Waals surface area contributed by atoms with Crippen molar-refractivity contribution in [3.8, 4) is 0 Å². The van der Waals surface area contributed by atoms with Crippen molar-refractivity contribution in [1.82, 2.24) is 15.5 Å². The monoisotopic (exact) mass is 391 g/mol. The van der Waals surface area contributed by atoms with Crippen LogP contribution in [0.5, 0.6) is 0 Å². The van der Waals surface area contributed by atoms with Gasteiger partial charge in [0.05, 0.1) is 0 Å². The van der Waals surface area contributed by atoms with Gasteiger partial charge < -0.3 is 20.8 Å². The third-order valence-electron chi connectivity index (χ3n) is 3.73. The Hall–Kier alpha value is -1.81. The zero-order valence-corrected chi connectivity index (χ0v) is 16.5. The molecule has 0 aliphatic carbocycles. The van der Waals surface area contributed by atoms with E-state index in [1.807, 2.05) is 32.6 Å². The molecule has 0 fully saturated rings. The molecule has 0 radical (unpaired) electrons. The molecule has 0 saturated carbocycles. The third kappa shape index (κ3) is 8.52. The van der Waals surface area contributed by atoms with Gasteiger partial charge in [-0.05, 0) is 34.1 Å². The van der Waals surface area contributed by atoms with Crippen LogP contribution in [-0.4, -0.2) is 75.3 Å². The maximum Gasteiger partial charge on any atom is 0.322 e. The van der Waals surface area contributed by atoms with E-state index >= 15 is 0 Å². The smallest absolute Gasteiger partial charge is 0.322 e. The highest BCUT2D eigenvalue weighted by Crippen LogP contribution is 2.15. The average Bonchev–Trinajstić information content (AvgIpc) is 2.52. The van der Waals surface area contributed by atoms with Crippen LogP contribution in [0.15, 0.2) is 0 Å². The fourth-order valence-electron chi connectivity index (χ4n) is 2.73. The molecular formula is C16H29N3O6S. The fourth-order valence-corrected chi connectivity index (χ4v) is 2.99. The first-order valence-corrected chi connectivity index (χ1v) is 9.04. The molecule has 9 nitrogen and oxygen atoms in total. The molecule has 0 bridgehead atoms. The Morgan fingerprint density at radius 3 is 1.96 bits per heavy atom. The Labute approximate surface area is 158 Å². The first-order chi connectivity index (χ1) is 12.0. The lowest BCUT2D eigenvalue weighted by molar-refractivity contribution is -0.145. The topological polar surface area (TPSA) is 136 Å². The number of hydrogen-bond acceptors (Lipinski definition) is 6. The Morgan fingerprint density at radius 1 is 1.04 bits per heavy atom. The lowest BCUT2D eigenvalue weighted by atomic mass is 10.0. The summed E-state index contributed by atoms with van der Waals surface area (Å²) in [6.45, 7) is 7.00. The van der Waals surface area contributed by atoms with Gasteiger partial charge in [0.1, 0.15) is 18.6 Å². The third-order valence-corrected chi connectivity index (χ3v) is 4.10. The van der Waals surface area contributed by atoms with Gasteiger partial charge >= 0.3 is 11.9 Å². The molecule has 0 saturated heterocycles. The maximum atomic E-state index is 12.1. The highest BCUT2D eigenvalue weighted by atomic mass is 32.1. The number of rotatable bonds is 12. The van der Waals surface area contributed by atoms with Gasteiger partial charge in [0, 0.05) is 24.3 Å². The molecule has 0 spiro atoms. The molecule has 10 heteroatoms. The maximum absolute atomic E-state index is 12.1. The number of nitrogens with one attached hydrogen (secondary N) is 2. The van der Waals surface area contributed by atoms with Crippen LogP contribution in [0.2, 0.25) is 0 Å². The summed E-state index contributed by atoms with van der Waals surface area (Å²) < 4.78 is 0. The van der Waals surface area contributed by atoms with Gasteiger partial charge in [0.15, 0.2) is 0 Å². The second-order valence-electron chi connectivity index (χ2n) is 6.44. The summed E-state index contributed by atoms with van der Waals surface area (Å²) in [7, 11) is 0. The van der Waals surface area contributed by atoms with Crippen molar-refractivity contribution in [3.63, 3.8) is 0 Å². The molecule has 0 aromatic rings. The van der Waals surface area contributed by atoms with Crippen LogP contribution < -0.4 is 10.6 Å². The first kappa shape index (κ1) is 24.2. The summed E-state index contributed by atoms with van der Waals surface area (Å²) in [5.74, 6) is -3.37. The summed E-state index contributed by atoms with van der Waals surface area (Å²) in [5, 5.41) is 22.7. The highest BCUT2D eigenvalue weighted by molar-refractivity contribution is 7.80. The molecule has 0 rings (SSSR count). The van der Waals surface area contributed by atoms with Crippen LogP contribution in [0.4, 0.5) is 0 Å². The van der Waals surface area contributed by atoms with Gasteiger partial charge in [-0.1, -0.05) is 0 Å². The minimum Gasteiger partial charge on any atom is -0.480 e. The zero-order valence-electron chi connectivity index (χ0n) is 15.6. The normalized spacial score (nSPS) is 13.5. The van der Waals surface area contributed by atoms with E-state index in [-0.39, 0.29) is 30.7 Å². The molecule has 2 amide bonds. The van der Waals surface area contributed by atoms with Crippen molar-refractivity contribution in [3.05, 3.63) is 0 Å². The predicted octanol–water partition coefficient (Wildman–Crippen LogP) is -0.0460.